The number of hydrogen-bond acceptors (Lipinski definition) is 5. The van der Waals surface area contributed by atoms with E-state index in [1.54, 1.807) is 0 Å². The first kappa shape index (κ1) is 22.1. The van der Waals surface area contributed by atoms with Crippen LogP contribution in [0.15, 0.2) is 17.0 Å². The van der Waals surface area contributed by atoms with Crippen LogP contribution in [0.25, 0.3) is 0 Å². The highest BCUT2D eigenvalue weighted by Gasteiger charge is 2.29. The normalized spacial score (nSPS) is 21.8. The van der Waals surface area contributed by atoms with Crippen LogP contribution in [0.5, 0.6) is 5.75 Å². The van der Waals surface area contributed by atoms with Crippen LogP contribution >= 0.6 is 0 Å². The molecular weight excluding hydrogens is 390 g/mol. The highest BCUT2D eigenvalue weighted by atomic mass is 32.2. The van der Waals surface area contributed by atoms with Crippen LogP contribution in [0.1, 0.15) is 68.3 Å². The predicted octanol–water partition coefficient (Wildman–Crippen LogP) is 2.43. The van der Waals surface area contributed by atoms with Gasteiger partial charge in [-0.15, -0.1) is 0 Å². The molecule has 1 aromatic carbocycles. The number of hydrogen-bond donors (Lipinski definition) is 2. The molecule has 1 fully saturated rings. The Morgan fingerprint density at radius 2 is 2.10 bits per heavy atom. The van der Waals surface area contributed by atoms with Gasteiger partial charge in [0.05, 0.1) is 10.5 Å². The second-order valence-electron chi connectivity index (χ2n) is 8.24. The molecule has 0 saturated carbocycles. The van der Waals surface area contributed by atoms with Gasteiger partial charge in [0.1, 0.15) is 11.9 Å². The van der Waals surface area contributed by atoms with Gasteiger partial charge in [-0.2, -0.15) is 0 Å². The summed E-state index contributed by atoms with van der Waals surface area (Å²) < 4.78 is 29.5. The average Bonchev–Trinajstić information content (AvgIpc) is 3.26. The summed E-state index contributed by atoms with van der Waals surface area (Å²) in [7, 11) is -3.90. The maximum absolute atomic E-state index is 12.9. The second kappa shape index (κ2) is 9.45. The molecule has 29 heavy (non-hydrogen) atoms. The fourth-order valence-corrected chi connectivity index (χ4v) is 4.89. The molecule has 0 aromatic heterocycles. The Kier molecular flexibility index (Phi) is 7.19. The summed E-state index contributed by atoms with van der Waals surface area (Å²) in [5.41, 5.74) is 0.968. The minimum Gasteiger partial charge on any atom is -0.489 e. The molecule has 0 bridgehead atoms. The van der Waals surface area contributed by atoms with Gasteiger partial charge in [0, 0.05) is 19.0 Å². The van der Waals surface area contributed by atoms with E-state index in [2.05, 4.69) is 17.1 Å². The van der Waals surface area contributed by atoms with Gasteiger partial charge in [-0.05, 0) is 57.0 Å². The van der Waals surface area contributed by atoms with Crippen LogP contribution in [0.3, 0.4) is 0 Å². The minimum absolute atomic E-state index is 0.0440. The van der Waals surface area contributed by atoms with Crippen LogP contribution in [-0.2, 0) is 16.4 Å². The van der Waals surface area contributed by atoms with Crippen LogP contribution in [0, 0.1) is 0 Å². The number of nitrogens with two attached hydrogens (primary N) is 1. The van der Waals surface area contributed by atoms with Crippen LogP contribution in [0.2, 0.25) is 0 Å². The molecule has 0 unspecified atom stereocenters. The van der Waals surface area contributed by atoms with E-state index in [0.717, 1.165) is 25.9 Å². The molecule has 0 radical (unpaired) electrons. The quantitative estimate of drug-likeness (QED) is 0.594. The van der Waals surface area contributed by atoms with Crippen molar-refractivity contribution in [3.63, 3.8) is 0 Å². The van der Waals surface area contributed by atoms with Gasteiger partial charge >= 0.3 is 0 Å². The summed E-state index contributed by atoms with van der Waals surface area (Å²) in [6.07, 6.45) is 7.60. The first-order chi connectivity index (χ1) is 13.8. The third-order valence-corrected chi connectivity index (χ3v) is 6.73. The molecule has 2 aliphatic rings. The zero-order chi connectivity index (χ0) is 21.0. The number of sulfonamides is 1. The molecule has 1 aromatic rings. The molecular formula is C21H33N3O4S. The third kappa shape index (κ3) is 5.49. The summed E-state index contributed by atoms with van der Waals surface area (Å²) in [4.78, 5) is 15.3. The molecule has 3 N–H and O–H groups in total. The Labute approximate surface area is 174 Å². The Morgan fingerprint density at radius 3 is 2.83 bits per heavy atom. The fraction of sp³-hybridized carbons (Fsp3) is 0.667. The summed E-state index contributed by atoms with van der Waals surface area (Å²) in [5.74, 6) is 0.170. The van der Waals surface area contributed by atoms with E-state index in [1.165, 1.54) is 37.8 Å². The van der Waals surface area contributed by atoms with Crippen LogP contribution < -0.4 is 15.2 Å². The lowest BCUT2D eigenvalue weighted by Crippen LogP contribution is -2.40. The Bertz CT molecular complexity index is 841. The van der Waals surface area contributed by atoms with Gasteiger partial charge in [0.2, 0.25) is 10.0 Å². The van der Waals surface area contributed by atoms with Crippen molar-refractivity contribution >= 4 is 15.9 Å². The topological polar surface area (TPSA) is 102 Å². The molecule has 1 saturated heterocycles. The van der Waals surface area contributed by atoms with Gasteiger partial charge in [-0.25, -0.2) is 13.6 Å². The largest absolute Gasteiger partial charge is 0.489 e. The third-order valence-electron chi connectivity index (χ3n) is 5.84. The summed E-state index contributed by atoms with van der Waals surface area (Å²) in [6, 6.07) is 3.17. The van der Waals surface area contributed by atoms with Crippen molar-refractivity contribution in [2.24, 2.45) is 5.14 Å². The molecule has 2 aliphatic heterocycles. The molecule has 0 spiro atoms. The predicted molar refractivity (Wildman–Crippen MR) is 113 cm³/mol. The number of likely N-dealkylation sites (tertiary alicyclic amines) is 1. The number of carbonyl (C=O) groups is 1. The van der Waals surface area contributed by atoms with Crippen LogP contribution in [-0.4, -0.2) is 51.0 Å². The summed E-state index contributed by atoms with van der Waals surface area (Å²) in [5, 5.41) is 8.31. The van der Waals surface area contributed by atoms with E-state index in [-0.39, 0.29) is 22.5 Å². The van der Waals surface area contributed by atoms with Crippen molar-refractivity contribution in [1.82, 2.24) is 10.2 Å². The zero-order valence-electron chi connectivity index (χ0n) is 17.4. The number of nitrogens with zero attached hydrogens (tertiary/aromatic N) is 1. The zero-order valence-corrected chi connectivity index (χ0v) is 18.3. The Hall–Kier alpha value is -1.64. The Balaban J connectivity index is 1.67. The lowest BCUT2D eigenvalue weighted by molar-refractivity contribution is 0.0935. The van der Waals surface area contributed by atoms with E-state index in [9.17, 15) is 13.2 Å². The van der Waals surface area contributed by atoms with Crippen molar-refractivity contribution in [1.29, 1.82) is 0 Å². The lowest BCUT2D eigenvalue weighted by Gasteiger charge is -2.25. The number of carbonyl (C=O) groups excluding carboxylic acids is 1. The number of nitrogens with one attached hydrogen (secondary N) is 1. The van der Waals surface area contributed by atoms with Gasteiger partial charge in [0.15, 0.2) is 0 Å². The SMILES string of the molecule is CCCCCCN1CCC[C@@H]1CNC(=O)c1cc(S(N)(=O)=O)cc2c1O[C@@H](C)C2. The van der Waals surface area contributed by atoms with Crippen molar-refractivity contribution in [3.05, 3.63) is 23.3 Å². The van der Waals surface area contributed by atoms with E-state index < -0.39 is 10.0 Å². The highest BCUT2D eigenvalue weighted by Crippen LogP contribution is 2.35. The van der Waals surface area contributed by atoms with Crippen molar-refractivity contribution < 1.29 is 17.9 Å². The maximum atomic E-state index is 12.9. The molecule has 0 aliphatic carbocycles. The number of benzene rings is 1. The number of unbranched alkanes of at least 4 members (excludes halogenated alkanes) is 3. The standard InChI is InChI=1S/C21H33N3O4S/c1-3-4-5-6-9-24-10-7-8-17(24)14-23-21(25)19-13-18(29(22,26)27)12-16-11-15(2)28-20(16)19/h12-13,15,17H,3-11,14H2,1-2H3,(H,23,25)(H2,22,26,27)/t15-,17+/m0/s1. The van der Waals surface area contributed by atoms with Gasteiger partial charge in [-0.3, -0.25) is 9.69 Å². The monoisotopic (exact) mass is 423 g/mol. The van der Waals surface area contributed by atoms with Gasteiger partial charge in [-0.1, -0.05) is 26.2 Å². The summed E-state index contributed by atoms with van der Waals surface area (Å²) >= 11 is 0. The molecule has 2 atom stereocenters. The lowest BCUT2D eigenvalue weighted by atomic mass is 10.1. The van der Waals surface area contributed by atoms with E-state index in [1.807, 2.05) is 6.92 Å². The van der Waals surface area contributed by atoms with E-state index in [4.69, 9.17) is 9.88 Å². The second-order valence-corrected chi connectivity index (χ2v) is 9.80. The number of ether oxygens (including phenoxy) is 1. The number of rotatable bonds is 9. The van der Waals surface area contributed by atoms with Crippen molar-refractivity contribution in [3.8, 4) is 5.75 Å². The van der Waals surface area contributed by atoms with Crippen LogP contribution in [0.4, 0.5) is 0 Å². The number of primary sulfonamides is 1. The molecule has 2 heterocycles. The molecule has 8 heteroatoms. The minimum atomic E-state index is -3.90. The van der Waals surface area contributed by atoms with Crippen molar-refractivity contribution in [2.75, 3.05) is 19.6 Å². The Morgan fingerprint density at radius 1 is 1.31 bits per heavy atom. The summed E-state index contributed by atoms with van der Waals surface area (Å²) in [6.45, 7) is 6.80. The first-order valence-corrected chi connectivity index (χ1v) is 12.2. The maximum Gasteiger partial charge on any atom is 0.255 e. The average molecular weight is 424 g/mol. The molecule has 3 rings (SSSR count). The van der Waals surface area contributed by atoms with Gasteiger partial charge in [0.25, 0.3) is 5.91 Å². The molecule has 1 amide bonds. The smallest absolute Gasteiger partial charge is 0.255 e. The van der Waals surface area contributed by atoms with Crippen molar-refractivity contribution in [2.45, 2.75) is 75.8 Å². The number of amides is 1. The highest BCUT2D eigenvalue weighted by molar-refractivity contribution is 7.89. The van der Waals surface area contributed by atoms with E-state index in [0.29, 0.717) is 30.3 Å². The fourth-order valence-electron chi connectivity index (χ4n) is 4.30. The first-order valence-electron chi connectivity index (χ1n) is 10.7. The van der Waals surface area contributed by atoms with E-state index >= 15 is 0 Å². The number of fused-ring (bicyclic) bond motifs is 1. The molecule has 162 valence electrons. The van der Waals surface area contributed by atoms with Gasteiger partial charge < -0.3 is 10.1 Å². The molecule has 7 nitrogen and oxygen atoms in total.